The molecule has 0 saturated carbocycles. The molecule has 0 aliphatic carbocycles. The molecule has 0 atom stereocenters. The average molecular weight is 347 g/mol. The average Bonchev–Trinajstić information content (AvgIpc) is 3.24. The van der Waals surface area contributed by atoms with Gasteiger partial charge in [-0.05, 0) is 18.2 Å². The molecule has 4 aromatic rings. The van der Waals surface area contributed by atoms with Gasteiger partial charge in [0.05, 0.1) is 17.8 Å². The summed E-state index contributed by atoms with van der Waals surface area (Å²) in [5.41, 5.74) is 3.80. The molecule has 2 heterocycles. The molecule has 1 N–H and O–H groups in total. The van der Waals surface area contributed by atoms with E-state index in [0.717, 1.165) is 32.9 Å². The summed E-state index contributed by atoms with van der Waals surface area (Å²) in [7, 11) is 1.99. The Morgan fingerprint density at radius 2 is 1.96 bits per heavy atom. The third kappa shape index (κ3) is 3.19. The van der Waals surface area contributed by atoms with Gasteiger partial charge in [-0.2, -0.15) is 0 Å². The van der Waals surface area contributed by atoms with E-state index in [1.807, 2.05) is 77.8 Å². The fourth-order valence-corrected chi connectivity index (χ4v) is 3.70. The van der Waals surface area contributed by atoms with E-state index in [0.29, 0.717) is 0 Å². The highest BCUT2D eigenvalue weighted by Crippen LogP contribution is 2.25. The molecular formula is C20H17N3OS. The highest BCUT2D eigenvalue weighted by molar-refractivity contribution is 7.13. The van der Waals surface area contributed by atoms with Crippen molar-refractivity contribution in [2.75, 3.05) is 5.32 Å². The fourth-order valence-electron chi connectivity index (χ4n) is 2.87. The maximum atomic E-state index is 12.4. The van der Waals surface area contributed by atoms with Crippen molar-refractivity contribution in [3.05, 3.63) is 71.9 Å². The van der Waals surface area contributed by atoms with Crippen LogP contribution >= 0.6 is 11.3 Å². The number of hydrogen-bond acceptors (Lipinski definition) is 3. The topological polar surface area (TPSA) is 46.9 Å². The highest BCUT2D eigenvalue weighted by atomic mass is 32.1. The van der Waals surface area contributed by atoms with Crippen LogP contribution in [0, 0.1) is 0 Å². The Morgan fingerprint density at radius 1 is 1.12 bits per heavy atom. The van der Waals surface area contributed by atoms with Crippen LogP contribution in [0.4, 0.5) is 5.69 Å². The molecule has 2 aromatic carbocycles. The number of anilines is 1. The number of aromatic nitrogens is 2. The molecule has 0 saturated heterocycles. The van der Waals surface area contributed by atoms with Gasteiger partial charge in [-0.3, -0.25) is 4.79 Å². The van der Waals surface area contributed by atoms with Crippen LogP contribution in [-0.2, 0) is 18.3 Å². The lowest BCUT2D eigenvalue weighted by Gasteiger charge is -2.06. The van der Waals surface area contributed by atoms with Crippen molar-refractivity contribution >= 4 is 33.8 Å². The summed E-state index contributed by atoms with van der Waals surface area (Å²) in [5.74, 6) is -0.0544. The SMILES string of the molecule is Cn1ccc2c(NC(=O)Cc3csc(-c4ccccc4)n3)cccc21. The molecule has 0 aliphatic rings. The van der Waals surface area contributed by atoms with Crippen molar-refractivity contribution < 1.29 is 4.79 Å². The van der Waals surface area contributed by atoms with Crippen LogP contribution in [0.3, 0.4) is 0 Å². The van der Waals surface area contributed by atoms with Crippen LogP contribution in [0.1, 0.15) is 5.69 Å². The summed E-state index contributed by atoms with van der Waals surface area (Å²) in [6.45, 7) is 0. The van der Waals surface area contributed by atoms with Gasteiger partial charge in [-0.25, -0.2) is 4.98 Å². The molecule has 4 rings (SSSR count). The lowest BCUT2D eigenvalue weighted by Crippen LogP contribution is -2.14. The smallest absolute Gasteiger partial charge is 0.230 e. The summed E-state index contributed by atoms with van der Waals surface area (Å²) < 4.78 is 2.04. The number of hydrogen-bond donors (Lipinski definition) is 1. The van der Waals surface area contributed by atoms with Crippen molar-refractivity contribution in [3.8, 4) is 10.6 Å². The third-order valence-corrected chi connectivity index (χ3v) is 5.06. The number of thiazole rings is 1. The van der Waals surface area contributed by atoms with E-state index >= 15 is 0 Å². The molecule has 25 heavy (non-hydrogen) atoms. The lowest BCUT2D eigenvalue weighted by molar-refractivity contribution is -0.115. The number of benzene rings is 2. The minimum absolute atomic E-state index is 0.0544. The Kier molecular flexibility index (Phi) is 4.07. The molecule has 0 radical (unpaired) electrons. The van der Waals surface area contributed by atoms with Crippen molar-refractivity contribution in [2.24, 2.45) is 7.05 Å². The van der Waals surface area contributed by atoms with E-state index in [-0.39, 0.29) is 12.3 Å². The van der Waals surface area contributed by atoms with Crippen LogP contribution in [0.5, 0.6) is 0 Å². The molecule has 0 fully saturated rings. The highest BCUT2D eigenvalue weighted by Gasteiger charge is 2.11. The first-order chi connectivity index (χ1) is 12.2. The molecular weight excluding hydrogens is 330 g/mol. The molecule has 1 amide bonds. The molecule has 4 nitrogen and oxygen atoms in total. The van der Waals surface area contributed by atoms with E-state index in [9.17, 15) is 4.79 Å². The van der Waals surface area contributed by atoms with E-state index in [1.165, 1.54) is 0 Å². The van der Waals surface area contributed by atoms with Gasteiger partial charge in [0.15, 0.2) is 0 Å². The van der Waals surface area contributed by atoms with Crippen LogP contribution in [0.25, 0.3) is 21.5 Å². The second-order valence-electron chi connectivity index (χ2n) is 5.90. The minimum Gasteiger partial charge on any atom is -0.350 e. The van der Waals surface area contributed by atoms with E-state index < -0.39 is 0 Å². The van der Waals surface area contributed by atoms with Crippen LogP contribution in [0.2, 0.25) is 0 Å². The van der Waals surface area contributed by atoms with Gasteiger partial charge in [0.1, 0.15) is 5.01 Å². The van der Waals surface area contributed by atoms with Gasteiger partial charge in [0.25, 0.3) is 0 Å². The largest absolute Gasteiger partial charge is 0.350 e. The molecule has 0 unspecified atom stereocenters. The van der Waals surface area contributed by atoms with Crippen molar-refractivity contribution in [1.82, 2.24) is 9.55 Å². The number of rotatable bonds is 4. The monoisotopic (exact) mass is 347 g/mol. The van der Waals surface area contributed by atoms with Crippen molar-refractivity contribution in [3.63, 3.8) is 0 Å². The van der Waals surface area contributed by atoms with Crippen LogP contribution < -0.4 is 5.32 Å². The molecule has 0 bridgehead atoms. The Bertz CT molecular complexity index is 1030. The summed E-state index contributed by atoms with van der Waals surface area (Å²) in [6, 6.07) is 17.9. The Labute approximate surface area is 149 Å². The van der Waals surface area contributed by atoms with E-state index in [4.69, 9.17) is 0 Å². The Morgan fingerprint density at radius 3 is 2.80 bits per heavy atom. The maximum Gasteiger partial charge on any atom is 0.230 e. The molecule has 124 valence electrons. The summed E-state index contributed by atoms with van der Waals surface area (Å²) in [4.78, 5) is 17.0. The number of aryl methyl sites for hydroxylation is 1. The zero-order valence-electron chi connectivity index (χ0n) is 13.8. The number of fused-ring (bicyclic) bond motifs is 1. The fraction of sp³-hybridized carbons (Fsp3) is 0.100. The van der Waals surface area contributed by atoms with Crippen LogP contribution in [0.15, 0.2) is 66.2 Å². The maximum absolute atomic E-state index is 12.4. The van der Waals surface area contributed by atoms with E-state index in [2.05, 4.69) is 10.3 Å². The van der Waals surface area contributed by atoms with Crippen LogP contribution in [-0.4, -0.2) is 15.5 Å². The zero-order valence-corrected chi connectivity index (χ0v) is 14.6. The molecule has 2 aromatic heterocycles. The predicted molar refractivity (Wildman–Crippen MR) is 103 cm³/mol. The summed E-state index contributed by atoms with van der Waals surface area (Å²) in [5, 5.41) is 6.94. The normalized spacial score (nSPS) is 10.9. The standard InChI is InChI=1S/C20H17N3OS/c1-23-11-10-16-17(8-5-9-18(16)23)22-19(24)12-15-13-25-20(21-15)14-6-3-2-4-7-14/h2-11,13H,12H2,1H3,(H,22,24). The second-order valence-corrected chi connectivity index (χ2v) is 6.76. The number of nitrogens with one attached hydrogen (secondary N) is 1. The summed E-state index contributed by atoms with van der Waals surface area (Å²) >= 11 is 1.56. The molecule has 0 spiro atoms. The van der Waals surface area contributed by atoms with Crippen molar-refractivity contribution in [1.29, 1.82) is 0 Å². The third-order valence-electron chi connectivity index (χ3n) is 4.12. The Hall–Kier alpha value is -2.92. The second kappa shape index (κ2) is 6.53. The predicted octanol–water partition coefficient (Wildman–Crippen LogP) is 4.48. The first-order valence-corrected chi connectivity index (χ1v) is 8.92. The molecule has 5 heteroatoms. The Balaban J connectivity index is 1.50. The van der Waals surface area contributed by atoms with Gasteiger partial charge in [-0.1, -0.05) is 36.4 Å². The minimum atomic E-state index is -0.0544. The quantitative estimate of drug-likeness (QED) is 0.591. The van der Waals surface area contributed by atoms with Crippen molar-refractivity contribution in [2.45, 2.75) is 6.42 Å². The first-order valence-electron chi connectivity index (χ1n) is 8.04. The number of amides is 1. The zero-order chi connectivity index (χ0) is 17.2. The van der Waals surface area contributed by atoms with Gasteiger partial charge in [-0.15, -0.1) is 11.3 Å². The van der Waals surface area contributed by atoms with Gasteiger partial charge in [0, 0.05) is 35.1 Å². The lowest BCUT2D eigenvalue weighted by atomic mass is 10.2. The summed E-state index contributed by atoms with van der Waals surface area (Å²) in [6.07, 6.45) is 2.26. The van der Waals surface area contributed by atoms with E-state index in [1.54, 1.807) is 11.3 Å². The number of nitrogens with zero attached hydrogens (tertiary/aromatic N) is 2. The van der Waals surface area contributed by atoms with Gasteiger partial charge < -0.3 is 9.88 Å². The first kappa shape index (κ1) is 15.6. The molecule has 0 aliphatic heterocycles. The van der Waals surface area contributed by atoms with Gasteiger partial charge >= 0.3 is 0 Å². The number of carbonyl (C=O) groups is 1. The number of carbonyl (C=O) groups excluding carboxylic acids is 1. The van der Waals surface area contributed by atoms with Gasteiger partial charge in [0.2, 0.25) is 5.91 Å².